The first-order valence-electron chi connectivity index (χ1n) is 6.27. The van der Waals surface area contributed by atoms with E-state index in [1.165, 1.54) is 5.39 Å². The summed E-state index contributed by atoms with van der Waals surface area (Å²) in [6, 6.07) is 20.4. The molecule has 0 saturated heterocycles. The van der Waals surface area contributed by atoms with Gasteiger partial charge in [-0.3, -0.25) is 0 Å². The van der Waals surface area contributed by atoms with Crippen molar-refractivity contribution in [1.29, 1.82) is 0 Å². The summed E-state index contributed by atoms with van der Waals surface area (Å²) in [6.07, 6.45) is 4.09. The fourth-order valence-electron chi connectivity index (χ4n) is 2.05. The Hall–Kier alpha value is -2.41. The van der Waals surface area contributed by atoms with Gasteiger partial charge in [0.1, 0.15) is 0 Å². The molecular weight excluding hydrogens is 230 g/mol. The third kappa shape index (κ3) is 2.71. The van der Waals surface area contributed by atoms with E-state index in [0.29, 0.717) is 0 Å². The van der Waals surface area contributed by atoms with Gasteiger partial charge < -0.3 is 0 Å². The van der Waals surface area contributed by atoms with Gasteiger partial charge in [0, 0.05) is 5.39 Å². The number of benzene rings is 2. The van der Waals surface area contributed by atoms with Gasteiger partial charge in [-0.2, -0.15) is 0 Å². The Morgan fingerprint density at radius 3 is 2.63 bits per heavy atom. The molecule has 3 rings (SSSR count). The number of para-hydroxylation sites is 1. The van der Waals surface area contributed by atoms with Crippen LogP contribution in [0.1, 0.15) is 16.8 Å². The monoisotopic (exact) mass is 244 g/mol. The summed E-state index contributed by atoms with van der Waals surface area (Å²) < 4.78 is 0. The molecule has 1 heterocycles. The predicted octanol–water partition coefficient (Wildman–Crippen LogP) is 4.59. The summed E-state index contributed by atoms with van der Waals surface area (Å²) in [4.78, 5) is 4.61. The van der Waals surface area contributed by atoms with E-state index in [1.54, 1.807) is 0 Å². The van der Waals surface area contributed by atoms with Crippen molar-refractivity contribution in [2.45, 2.75) is 0 Å². The second-order valence-corrected chi connectivity index (χ2v) is 4.51. The van der Waals surface area contributed by atoms with Gasteiger partial charge in [0.25, 0.3) is 0 Å². The van der Waals surface area contributed by atoms with Crippen LogP contribution in [-0.2, 0) is 0 Å². The molecule has 0 N–H and O–H groups in total. The molecule has 1 aromatic heterocycles. The molecule has 0 aliphatic carbocycles. The first-order chi connectivity index (χ1) is 9.31. The molecule has 3 aromatic rings. The summed E-state index contributed by atoms with van der Waals surface area (Å²) in [5.41, 5.74) is 4.15. The van der Waals surface area contributed by atoms with Crippen molar-refractivity contribution < 1.29 is 0 Å². The number of hydrogen-bond donors (Lipinski definition) is 0. The van der Waals surface area contributed by atoms with E-state index in [2.05, 4.69) is 42.2 Å². The molecule has 91 valence electrons. The molecule has 0 amide bonds. The number of pyridine rings is 1. The van der Waals surface area contributed by atoms with Crippen molar-refractivity contribution in [2.75, 3.05) is 0 Å². The summed E-state index contributed by atoms with van der Waals surface area (Å²) >= 11 is 0. The van der Waals surface area contributed by atoms with Crippen LogP contribution in [-0.4, -0.2) is 4.98 Å². The molecule has 1 heteroatoms. The van der Waals surface area contributed by atoms with Gasteiger partial charge in [0.05, 0.1) is 11.2 Å². The Kier molecular flexibility index (Phi) is 3.11. The van der Waals surface area contributed by atoms with Gasteiger partial charge in [-0.05, 0) is 36.3 Å². The molecule has 2 aromatic carbocycles. The molecule has 0 saturated carbocycles. The molecule has 0 aliphatic heterocycles. The highest BCUT2D eigenvalue weighted by Gasteiger charge is 1.94. The standard InChI is InChI=1S/C18H14N/c1-14-5-4-6-15(13-14)9-11-17-12-10-16-7-2-3-8-18(16)19-17/h2-13H,1H2/b11-9+. The number of fused-ring (bicyclic) bond motifs is 1. The molecule has 0 spiro atoms. The van der Waals surface area contributed by atoms with E-state index in [9.17, 15) is 0 Å². The van der Waals surface area contributed by atoms with Crippen LogP contribution >= 0.6 is 0 Å². The second kappa shape index (κ2) is 5.07. The van der Waals surface area contributed by atoms with Crippen LogP contribution in [0.3, 0.4) is 0 Å². The van der Waals surface area contributed by atoms with Crippen molar-refractivity contribution in [2.24, 2.45) is 0 Å². The molecule has 0 fully saturated rings. The highest BCUT2D eigenvalue weighted by molar-refractivity contribution is 5.80. The van der Waals surface area contributed by atoms with Crippen molar-refractivity contribution in [3.05, 3.63) is 84.4 Å². The van der Waals surface area contributed by atoms with Gasteiger partial charge >= 0.3 is 0 Å². The second-order valence-electron chi connectivity index (χ2n) is 4.51. The van der Waals surface area contributed by atoms with Crippen molar-refractivity contribution in [3.63, 3.8) is 0 Å². The Bertz CT molecular complexity index is 741. The third-order valence-corrected chi connectivity index (χ3v) is 3.02. The quantitative estimate of drug-likeness (QED) is 0.642. The summed E-state index contributed by atoms with van der Waals surface area (Å²) in [7, 11) is 0. The van der Waals surface area contributed by atoms with Gasteiger partial charge in [-0.1, -0.05) is 54.6 Å². The SMILES string of the molecule is [CH2]c1cccc(/C=C/c2ccc3ccccc3n2)c1. The van der Waals surface area contributed by atoms with Crippen LogP contribution in [0.5, 0.6) is 0 Å². The van der Waals surface area contributed by atoms with E-state index in [-0.39, 0.29) is 0 Å². The van der Waals surface area contributed by atoms with E-state index in [0.717, 1.165) is 22.3 Å². The zero-order valence-electron chi connectivity index (χ0n) is 10.6. The fraction of sp³-hybridized carbons (Fsp3) is 0. The molecule has 1 radical (unpaired) electrons. The van der Waals surface area contributed by atoms with E-state index < -0.39 is 0 Å². The minimum absolute atomic E-state index is 0.966. The average molecular weight is 244 g/mol. The van der Waals surface area contributed by atoms with Crippen LogP contribution in [0.25, 0.3) is 23.1 Å². The number of hydrogen-bond acceptors (Lipinski definition) is 1. The zero-order valence-corrected chi connectivity index (χ0v) is 10.6. The largest absolute Gasteiger partial charge is 0.248 e. The molecule has 19 heavy (non-hydrogen) atoms. The van der Waals surface area contributed by atoms with E-state index >= 15 is 0 Å². The maximum Gasteiger partial charge on any atom is 0.0709 e. The van der Waals surface area contributed by atoms with E-state index in [4.69, 9.17) is 0 Å². The van der Waals surface area contributed by atoms with Gasteiger partial charge in [-0.15, -0.1) is 0 Å². The molecule has 0 bridgehead atoms. The average Bonchev–Trinajstić information content (AvgIpc) is 2.45. The van der Waals surface area contributed by atoms with Crippen LogP contribution in [0.2, 0.25) is 0 Å². The summed E-state index contributed by atoms with van der Waals surface area (Å²) in [5.74, 6) is 0. The normalized spacial score (nSPS) is 11.2. The molecular formula is C18H14N. The predicted molar refractivity (Wildman–Crippen MR) is 81.6 cm³/mol. The first kappa shape index (κ1) is 11.7. The van der Waals surface area contributed by atoms with E-state index in [1.807, 2.05) is 42.5 Å². The molecule has 0 unspecified atom stereocenters. The van der Waals surface area contributed by atoms with Gasteiger partial charge in [-0.25, -0.2) is 4.98 Å². The number of rotatable bonds is 2. The van der Waals surface area contributed by atoms with Crippen LogP contribution in [0.4, 0.5) is 0 Å². The Balaban J connectivity index is 1.92. The minimum Gasteiger partial charge on any atom is -0.248 e. The summed E-state index contributed by atoms with van der Waals surface area (Å²) in [6.45, 7) is 3.93. The Morgan fingerprint density at radius 1 is 0.842 bits per heavy atom. The van der Waals surface area contributed by atoms with Crippen molar-refractivity contribution >= 4 is 23.1 Å². The molecule has 1 nitrogen and oxygen atoms in total. The lowest BCUT2D eigenvalue weighted by Crippen LogP contribution is -1.82. The minimum atomic E-state index is 0.966. The highest BCUT2D eigenvalue weighted by atomic mass is 14.7. The molecule has 0 aliphatic rings. The van der Waals surface area contributed by atoms with Gasteiger partial charge in [0.2, 0.25) is 0 Å². The fourth-order valence-corrected chi connectivity index (χ4v) is 2.05. The van der Waals surface area contributed by atoms with Crippen molar-refractivity contribution in [3.8, 4) is 0 Å². The lowest BCUT2D eigenvalue weighted by Gasteiger charge is -1.99. The highest BCUT2D eigenvalue weighted by Crippen LogP contribution is 2.14. The number of aromatic nitrogens is 1. The Labute approximate surface area is 113 Å². The maximum atomic E-state index is 4.61. The maximum absolute atomic E-state index is 4.61. The number of nitrogens with zero attached hydrogens (tertiary/aromatic N) is 1. The topological polar surface area (TPSA) is 12.9 Å². The lowest BCUT2D eigenvalue weighted by atomic mass is 10.1. The Morgan fingerprint density at radius 2 is 1.74 bits per heavy atom. The van der Waals surface area contributed by atoms with Gasteiger partial charge in [0.15, 0.2) is 0 Å². The third-order valence-electron chi connectivity index (χ3n) is 3.02. The first-order valence-corrected chi connectivity index (χ1v) is 6.27. The zero-order chi connectivity index (χ0) is 13.1. The van der Waals surface area contributed by atoms with Crippen LogP contribution in [0, 0.1) is 6.92 Å². The lowest BCUT2D eigenvalue weighted by molar-refractivity contribution is 1.37. The summed E-state index contributed by atoms with van der Waals surface area (Å²) in [5, 5.41) is 1.17. The van der Waals surface area contributed by atoms with Crippen LogP contribution in [0.15, 0.2) is 60.7 Å². The smallest absolute Gasteiger partial charge is 0.0709 e. The van der Waals surface area contributed by atoms with Crippen LogP contribution < -0.4 is 0 Å². The molecule has 0 atom stereocenters. The van der Waals surface area contributed by atoms with Crippen molar-refractivity contribution in [1.82, 2.24) is 4.98 Å².